The van der Waals surface area contributed by atoms with Gasteiger partial charge in [0.2, 0.25) is 11.8 Å². The average molecular weight is 630 g/mol. The van der Waals surface area contributed by atoms with Gasteiger partial charge in [0.15, 0.2) is 0 Å². The second kappa shape index (κ2) is 12.4. The van der Waals surface area contributed by atoms with Crippen LogP contribution in [0, 0.1) is 19.3 Å². The fourth-order valence-electron chi connectivity index (χ4n) is 5.41. The molecule has 236 valence electrons. The highest BCUT2D eigenvalue weighted by atomic mass is 32.2. The molecule has 45 heavy (non-hydrogen) atoms. The predicted molar refractivity (Wildman–Crippen MR) is 174 cm³/mol. The first-order chi connectivity index (χ1) is 21.2. The smallest absolute Gasteiger partial charge is 0.264 e. The van der Waals surface area contributed by atoms with E-state index in [2.05, 4.69) is 40.4 Å². The Bertz CT molecular complexity index is 1820. The fourth-order valence-corrected chi connectivity index (χ4v) is 6.40. The first-order valence-corrected chi connectivity index (χ1v) is 16.2. The topological polar surface area (TPSA) is 131 Å². The highest BCUT2D eigenvalue weighted by Gasteiger charge is 2.32. The Morgan fingerprint density at radius 3 is 2.40 bits per heavy atom. The number of hydrogen-bond donors (Lipinski definition) is 1. The zero-order valence-corrected chi connectivity index (χ0v) is 27.5. The van der Waals surface area contributed by atoms with Crippen LogP contribution in [-0.2, 0) is 16.6 Å². The van der Waals surface area contributed by atoms with Gasteiger partial charge in [-0.25, -0.2) is 23.1 Å². The summed E-state index contributed by atoms with van der Waals surface area (Å²) >= 11 is 0. The lowest BCUT2D eigenvalue weighted by atomic mass is 9.87. The lowest BCUT2D eigenvalue weighted by molar-refractivity contribution is 0.0509. The van der Waals surface area contributed by atoms with Crippen LogP contribution in [0.5, 0.6) is 5.88 Å². The number of amides is 1. The molecule has 0 unspecified atom stereocenters. The number of nitrogens with zero attached hydrogens (tertiary/aromatic N) is 6. The SMILES string of the molecule is Cc1cccc(C)c1-c1cc2nc(n1)NS(=O)(=O)c1cccc(c1)C(=O)N(Cc1cncc(N(C)C)n1)[C@H](CC(C)(C)C)CO2. The zero-order chi connectivity index (χ0) is 32.5. The van der Waals surface area contributed by atoms with Crippen LogP contribution in [0.1, 0.15) is 54.4 Å². The Kier molecular flexibility index (Phi) is 8.79. The third kappa shape index (κ3) is 7.39. The highest BCUT2D eigenvalue weighted by Crippen LogP contribution is 2.31. The van der Waals surface area contributed by atoms with Gasteiger partial charge in [0.1, 0.15) is 12.4 Å². The Morgan fingerprint density at radius 1 is 1.00 bits per heavy atom. The summed E-state index contributed by atoms with van der Waals surface area (Å²) in [6.07, 6.45) is 3.87. The van der Waals surface area contributed by atoms with E-state index in [1.54, 1.807) is 35.5 Å². The van der Waals surface area contributed by atoms with Gasteiger partial charge >= 0.3 is 0 Å². The molecule has 1 aliphatic heterocycles. The molecule has 5 rings (SSSR count). The van der Waals surface area contributed by atoms with E-state index in [1.807, 2.05) is 51.0 Å². The van der Waals surface area contributed by atoms with E-state index in [9.17, 15) is 13.2 Å². The van der Waals surface area contributed by atoms with Crippen molar-refractivity contribution in [2.24, 2.45) is 5.41 Å². The summed E-state index contributed by atoms with van der Waals surface area (Å²) in [5.74, 6) is 0.365. The Balaban J connectivity index is 1.68. The van der Waals surface area contributed by atoms with E-state index in [1.165, 1.54) is 12.1 Å². The number of aromatic nitrogens is 4. The highest BCUT2D eigenvalue weighted by molar-refractivity contribution is 7.92. The molecule has 0 fully saturated rings. The molecule has 1 atom stereocenters. The first-order valence-electron chi connectivity index (χ1n) is 14.7. The Labute approximate surface area is 264 Å². The molecule has 0 aliphatic carbocycles. The third-order valence-corrected chi connectivity index (χ3v) is 8.82. The maximum atomic E-state index is 14.3. The van der Waals surface area contributed by atoms with Crippen molar-refractivity contribution >= 4 is 27.7 Å². The van der Waals surface area contributed by atoms with Crippen molar-refractivity contribution in [3.8, 4) is 17.1 Å². The third-order valence-electron chi connectivity index (χ3n) is 7.49. The molecule has 11 nitrogen and oxygen atoms in total. The molecule has 0 spiro atoms. The van der Waals surface area contributed by atoms with Crippen molar-refractivity contribution < 1.29 is 17.9 Å². The monoisotopic (exact) mass is 629 g/mol. The lowest BCUT2D eigenvalue weighted by Crippen LogP contribution is -2.45. The molecule has 12 heteroatoms. The number of anilines is 2. The molecule has 0 saturated carbocycles. The van der Waals surface area contributed by atoms with Crippen LogP contribution in [0.15, 0.2) is 65.8 Å². The number of benzene rings is 2. The van der Waals surface area contributed by atoms with Crippen molar-refractivity contribution in [2.45, 2.75) is 58.5 Å². The molecule has 3 heterocycles. The number of rotatable bonds is 5. The predicted octanol–water partition coefficient (Wildman–Crippen LogP) is 5.26. The molecule has 4 aromatic rings. The van der Waals surface area contributed by atoms with Gasteiger partial charge < -0.3 is 14.5 Å². The van der Waals surface area contributed by atoms with Gasteiger partial charge in [-0.2, -0.15) is 4.98 Å². The number of aryl methyl sites for hydroxylation is 2. The van der Waals surface area contributed by atoms with E-state index in [0.29, 0.717) is 23.6 Å². The van der Waals surface area contributed by atoms with Crippen molar-refractivity contribution in [1.82, 2.24) is 24.8 Å². The summed E-state index contributed by atoms with van der Waals surface area (Å²) < 4.78 is 36.1. The van der Waals surface area contributed by atoms with Gasteiger partial charge in [0.05, 0.1) is 41.3 Å². The molecule has 2 aromatic heterocycles. The van der Waals surface area contributed by atoms with Crippen molar-refractivity contribution in [1.29, 1.82) is 0 Å². The van der Waals surface area contributed by atoms with Gasteiger partial charge in [-0.05, 0) is 55.0 Å². The van der Waals surface area contributed by atoms with E-state index < -0.39 is 16.1 Å². The Morgan fingerprint density at radius 2 is 1.71 bits per heavy atom. The van der Waals surface area contributed by atoms with Gasteiger partial charge in [-0.15, -0.1) is 0 Å². The van der Waals surface area contributed by atoms with Crippen molar-refractivity contribution in [3.05, 3.63) is 83.3 Å². The van der Waals surface area contributed by atoms with Gasteiger partial charge in [0, 0.05) is 31.3 Å². The average Bonchev–Trinajstić information content (AvgIpc) is 2.97. The minimum absolute atomic E-state index is 0.0853. The van der Waals surface area contributed by atoms with Gasteiger partial charge in [-0.3, -0.25) is 9.78 Å². The van der Waals surface area contributed by atoms with Crippen LogP contribution in [-0.4, -0.2) is 65.9 Å². The van der Waals surface area contributed by atoms with Crippen LogP contribution in [0.3, 0.4) is 0 Å². The molecule has 0 saturated heterocycles. The summed E-state index contributed by atoms with van der Waals surface area (Å²) in [5.41, 5.74) is 3.95. The maximum Gasteiger partial charge on any atom is 0.264 e. The van der Waals surface area contributed by atoms with Gasteiger partial charge in [-0.1, -0.05) is 45.0 Å². The summed E-state index contributed by atoms with van der Waals surface area (Å²) in [5, 5.41) is 0. The van der Waals surface area contributed by atoms with E-state index >= 15 is 0 Å². The molecule has 1 N–H and O–H groups in total. The van der Waals surface area contributed by atoms with Crippen LogP contribution in [0.4, 0.5) is 11.8 Å². The van der Waals surface area contributed by atoms with Crippen LogP contribution in [0.2, 0.25) is 0 Å². The Hall–Kier alpha value is -4.58. The van der Waals surface area contributed by atoms with Crippen molar-refractivity contribution in [3.63, 3.8) is 0 Å². The summed E-state index contributed by atoms with van der Waals surface area (Å²) in [4.78, 5) is 35.9. The number of sulfonamides is 1. The molecule has 1 amide bonds. The summed E-state index contributed by atoms with van der Waals surface area (Å²) in [7, 11) is -0.420. The number of carbonyl (C=O) groups excluding carboxylic acids is 1. The van der Waals surface area contributed by atoms with Crippen molar-refractivity contribution in [2.75, 3.05) is 30.3 Å². The number of hydrogen-bond acceptors (Lipinski definition) is 9. The molecule has 4 bridgehead atoms. The normalized spacial score (nSPS) is 16.5. The molecule has 1 aliphatic rings. The molecular formula is C33H39N7O4S. The molecule has 2 aromatic carbocycles. The van der Waals surface area contributed by atoms with E-state index in [0.717, 1.165) is 16.7 Å². The number of carbonyl (C=O) groups is 1. The second-order valence-electron chi connectivity index (χ2n) is 12.7. The molecule has 0 radical (unpaired) electrons. The van der Waals surface area contributed by atoms with E-state index in [-0.39, 0.29) is 46.8 Å². The number of nitrogens with one attached hydrogen (secondary N) is 1. The molecular weight excluding hydrogens is 590 g/mol. The largest absolute Gasteiger partial charge is 0.475 e. The van der Waals surface area contributed by atoms with Crippen LogP contribution >= 0.6 is 0 Å². The first kappa shape index (κ1) is 31.8. The summed E-state index contributed by atoms with van der Waals surface area (Å²) in [6, 6.07) is 13.2. The second-order valence-corrected chi connectivity index (χ2v) is 14.4. The number of fused-ring (bicyclic) bond motifs is 4. The van der Waals surface area contributed by atoms with Crippen LogP contribution < -0.4 is 14.4 Å². The standard InChI is InChI=1S/C33H39N7O4S/c1-21-10-8-11-22(2)30(21)27-15-29-37-32(36-27)38-45(42,43)26-13-9-12-23(14-26)31(41)40(25(20-44-29)16-33(3,4)5)19-24-17-34-18-28(35-24)39(6)7/h8-15,17-18,25H,16,19-20H2,1-7H3,(H,36,37,38)/t25-/m1/s1. The maximum absolute atomic E-state index is 14.3. The minimum Gasteiger partial charge on any atom is -0.475 e. The quantitative estimate of drug-likeness (QED) is 0.314. The summed E-state index contributed by atoms with van der Waals surface area (Å²) in [6.45, 7) is 10.5. The minimum atomic E-state index is -4.16. The zero-order valence-electron chi connectivity index (χ0n) is 26.7. The lowest BCUT2D eigenvalue weighted by Gasteiger charge is -2.35. The fraction of sp³-hybridized carbons (Fsp3) is 0.364. The number of ether oxygens (including phenoxy) is 1. The van der Waals surface area contributed by atoms with E-state index in [4.69, 9.17) is 9.72 Å². The van der Waals surface area contributed by atoms with Gasteiger partial charge in [0.25, 0.3) is 15.9 Å². The van der Waals surface area contributed by atoms with Crippen LogP contribution in [0.25, 0.3) is 11.3 Å².